The number of halogens is 1. The van der Waals surface area contributed by atoms with E-state index in [0.717, 1.165) is 50.8 Å². The number of carbonyl (C=O) groups is 2. The molecule has 2 aromatic carbocycles. The zero-order valence-corrected chi connectivity index (χ0v) is 32.1. The number of ether oxygens (including phenoxy) is 1. The second-order valence-electron chi connectivity index (χ2n) is 12.4. The van der Waals surface area contributed by atoms with Crippen LogP contribution in [0.4, 0.5) is 27.0 Å². The van der Waals surface area contributed by atoms with E-state index < -0.39 is 11.0 Å². The van der Waals surface area contributed by atoms with Crippen molar-refractivity contribution in [3.63, 3.8) is 0 Å². The van der Waals surface area contributed by atoms with E-state index in [1.165, 1.54) is 35.4 Å². The van der Waals surface area contributed by atoms with Crippen LogP contribution in [-0.2, 0) is 4.79 Å². The van der Waals surface area contributed by atoms with E-state index in [4.69, 9.17) is 4.74 Å². The number of urea groups is 1. The molecule has 1 saturated heterocycles. The van der Waals surface area contributed by atoms with Gasteiger partial charge < -0.3 is 15.4 Å². The first-order chi connectivity index (χ1) is 25.9. The summed E-state index contributed by atoms with van der Waals surface area (Å²) in [4.78, 5) is 58.7. The Labute approximate surface area is 323 Å². The van der Waals surface area contributed by atoms with Gasteiger partial charge in [0.1, 0.15) is 5.75 Å². The van der Waals surface area contributed by atoms with Crippen LogP contribution in [0.1, 0.15) is 35.1 Å². The van der Waals surface area contributed by atoms with Crippen LogP contribution in [0.5, 0.6) is 11.8 Å². The number of carbonyl (C=O) groups excluding carboxylic acids is 2. The van der Waals surface area contributed by atoms with Gasteiger partial charge in [-0.25, -0.2) is 24.7 Å². The Hall–Kier alpha value is -6.13. The summed E-state index contributed by atoms with van der Waals surface area (Å²) in [7, 11) is 0. The molecule has 7 rings (SSSR count). The third-order valence-electron chi connectivity index (χ3n) is 8.24. The maximum atomic E-state index is 12.9. The summed E-state index contributed by atoms with van der Waals surface area (Å²) in [6.45, 7) is 8.51. The van der Waals surface area contributed by atoms with E-state index in [0.29, 0.717) is 29.2 Å². The number of benzene rings is 2. The molecule has 5 heterocycles. The molecule has 16 heteroatoms. The van der Waals surface area contributed by atoms with Gasteiger partial charge in [-0.1, -0.05) is 23.5 Å². The average Bonchev–Trinajstić information content (AvgIpc) is 3.81. The number of nitro groups is 1. The number of anilines is 3. The van der Waals surface area contributed by atoms with E-state index >= 15 is 0 Å². The van der Waals surface area contributed by atoms with Gasteiger partial charge in [0.2, 0.25) is 5.91 Å². The van der Waals surface area contributed by atoms with Crippen LogP contribution < -0.4 is 20.3 Å². The second kappa shape index (κ2) is 16.7. The Bertz CT molecular complexity index is 2340. The van der Waals surface area contributed by atoms with Gasteiger partial charge in [0.25, 0.3) is 0 Å². The van der Waals surface area contributed by atoms with Crippen LogP contribution in [0.3, 0.4) is 0 Å². The van der Waals surface area contributed by atoms with Gasteiger partial charge in [-0.3, -0.25) is 24.8 Å². The molecule has 4 aromatic heterocycles. The number of thiazole rings is 1. The maximum absolute atomic E-state index is 12.9. The summed E-state index contributed by atoms with van der Waals surface area (Å²) in [5.74, 6) is 0.685. The SMILES string of the molecule is Cc1cnc(-c2ccc(C)c(C)c2)c(NC(=O)Nc2cnc(Oc3ccc(-c4cnc(N5CCCC5=O)s4)cc3)nc2)c1.Cc1cnc(Br)c([N+](=O)[O-])c1. The van der Waals surface area contributed by atoms with E-state index in [1.807, 2.05) is 56.3 Å². The number of nitrogens with one attached hydrogen (secondary N) is 2. The largest absolute Gasteiger partial charge is 0.424 e. The summed E-state index contributed by atoms with van der Waals surface area (Å²) in [5.41, 5.74) is 7.64. The Kier molecular flexibility index (Phi) is 11.6. The smallest absolute Gasteiger partial charge is 0.323 e. The topological polar surface area (TPSA) is 178 Å². The average molecular weight is 809 g/mol. The Morgan fingerprint density at radius 2 is 1.56 bits per heavy atom. The third kappa shape index (κ3) is 9.26. The van der Waals surface area contributed by atoms with E-state index in [1.54, 1.807) is 30.4 Å². The fourth-order valence-corrected chi connectivity index (χ4v) is 6.66. The van der Waals surface area contributed by atoms with Crippen molar-refractivity contribution < 1.29 is 19.2 Å². The van der Waals surface area contributed by atoms with Gasteiger partial charge in [0, 0.05) is 43.2 Å². The first kappa shape index (κ1) is 37.6. The second-order valence-corrected chi connectivity index (χ2v) is 14.2. The summed E-state index contributed by atoms with van der Waals surface area (Å²) >= 11 is 4.47. The van der Waals surface area contributed by atoms with Gasteiger partial charge in [-0.15, -0.1) is 0 Å². The first-order valence-corrected chi connectivity index (χ1v) is 18.3. The number of hydrogen-bond donors (Lipinski definition) is 2. The van der Waals surface area contributed by atoms with Crippen molar-refractivity contribution in [2.45, 2.75) is 40.5 Å². The number of amides is 3. The number of pyridine rings is 2. The standard InChI is InChI=1S/C32H29N7O3S.C6H5BrN2O2/c1-19-13-26(29(33-15-19)23-7-6-20(2)21(3)14-23)38-30(41)37-24-16-34-31(35-17-24)42-25-10-8-22(9-11-25)27-18-36-32(43-27)39-12-4-5-28(39)40;1-4-2-5(9(10)11)6(7)8-3-4/h6-11,13-18H,4-5,12H2,1-3H3,(H2,37,38,41);2-3H,1H3. The van der Waals surface area contributed by atoms with Crippen LogP contribution in [0.2, 0.25) is 0 Å². The van der Waals surface area contributed by atoms with Crippen LogP contribution >= 0.6 is 27.3 Å². The first-order valence-electron chi connectivity index (χ1n) is 16.7. The Balaban J connectivity index is 0.000000389. The summed E-state index contributed by atoms with van der Waals surface area (Å²) in [5, 5.41) is 16.7. The molecule has 14 nitrogen and oxygen atoms in total. The summed E-state index contributed by atoms with van der Waals surface area (Å²) in [6, 6.07) is 16.6. The molecule has 0 bridgehead atoms. The van der Waals surface area contributed by atoms with E-state index in [2.05, 4.69) is 64.5 Å². The lowest BCUT2D eigenvalue weighted by Gasteiger charge is -2.13. The van der Waals surface area contributed by atoms with Crippen LogP contribution in [0.15, 0.2) is 90.2 Å². The van der Waals surface area contributed by atoms with Crippen molar-refractivity contribution in [1.29, 1.82) is 0 Å². The molecule has 54 heavy (non-hydrogen) atoms. The van der Waals surface area contributed by atoms with Gasteiger partial charge in [0.15, 0.2) is 9.73 Å². The minimum atomic E-state index is -0.468. The van der Waals surface area contributed by atoms with Crippen molar-refractivity contribution in [2.24, 2.45) is 0 Å². The van der Waals surface area contributed by atoms with E-state index in [-0.39, 0.29) is 22.2 Å². The number of aryl methyl sites for hydroxylation is 4. The highest BCUT2D eigenvalue weighted by atomic mass is 79.9. The molecular formula is C38H34BrN9O5S. The molecular weight excluding hydrogens is 774 g/mol. The Morgan fingerprint density at radius 1 is 0.852 bits per heavy atom. The molecule has 274 valence electrons. The normalized spacial score (nSPS) is 12.2. The predicted molar refractivity (Wildman–Crippen MR) is 211 cm³/mol. The quantitative estimate of drug-likeness (QED) is 0.0856. The molecule has 2 N–H and O–H groups in total. The van der Waals surface area contributed by atoms with Gasteiger partial charge in [-0.05, 0) is 114 Å². The van der Waals surface area contributed by atoms with E-state index in [9.17, 15) is 19.7 Å². The zero-order chi connectivity index (χ0) is 38.4. The minimum Gasteiger partial charge on any atom is -0.424 e. The van der Waals surface area contributed by atoms with Crippen molar-refractivity contribution in [3.8, 4) is 33.5 Å². The molecule has 0 radical (unpaired) electrons. The molecule has 0 aliphatic carbocycles. The van der Waals surface area contributed by atoms with Crippen LogP contribution in [0, 0.1) is 37.8 Å². The van der Waals surface area contributed by atoms with Crippen molar-refractivity contribution in [3.05, 3.63) is 123 Å². The molecule has 0 saturated carbocycles. The monoisotopic (exact) mass is 807 g/mol. The van der Waals surface area contributed by atoms with Crippen molar-refractivity contribution >= 4 is 61.4 Å². The van der Waals surface area contributed by atoms with Gasteiger partial charge in [0.05, 0.1) is 39.3 Å². The predicted octanol–water partition coefficient (Wildman–Crippen LogP) is 9.21. The molecule has 3 amide bonds. The number of hydrogen-bond acceptors (Lipinski definition) is 11. The molecule has 6 aromatic rings. The Morgan fingerprint density at radius 3 is 2.22 bits per heavy atom. The number of nitrogens with zero attached hydrogens (tertiary/aromatic N) is 7. The highest BCUT2D eigenvalue weighted by Crippen LogP contribution is 2.34. The molecule has 0 spiro atoms. The minimum absolute atomic E-state index is 0.00463. The van der Waals surface area contributed by atoms with Crippen LogP contribution in [-0.4, -0.2) is 48.3 Å². The fraction of sp³-hybridized carbons (Fsp3) is 0.184. The van der Waals surface area contributed by atoms with Crippen molar-refractivity contribution in [1.82, 2.24) is 24.9 Å². The van der Waals surface area contributed by atoms with Gasteiger partial charge >= 0.3 is 17.7 Å². The molecule has 1 aliphatic rings. The number of aromatic nitrogens is 5. The zero-order valence-electron chi connectivity index (χ0n) is 29.7. The fourth-order valence-electron chi connectivity index (χ4n) is 5.33. The number of rotatable bonds is 8. The summed E-state index contributed by atoms with van der Waals surface area (Å²) < 4.78 is 6.07. The lowest BCUT2D eigenvalue weighted by Crippen LogP contribution is -2.23. The molecule has 1 aliphatic heterocycles. The maximum Gasteiger partial charge on any atom is 0.323 e. The molecule has 0 unspecified atom stereocenters. The highest BCUT2D eigenvalue weighted by Gasteiger charge is 2.24. The van der Waals surface area contributed by atoms with Gasteiger partial charge in [-0.2, -0.15) is 0 Å². The summed E-state index contributed by atoms with van der Waals surface area (Å²) in [6.07, 6.45) is 9.53. The van der Waals surface area contributed by atoms with Crippen LogP contribution in [0.25, 0.3) is 21.7 Å². The third-order valence-corrected chi connectivity index (χ3v) is 9.92. The molecule has 0 atom stereocenters. The van der Waals surface area contributed by atoms with Crippen molar-refractivity contribution in [2.75, 3.05) is 22.1 Å². The lowest BCUT2D eigenvalue weighted by molar-refractivity contribution is -0.386. The lowest BCUT2D eigenvalue weighted by atomic mass is 10.0. The molecule has 1 fully saturated rings. The highest BCUT2D eigenvalue weighted by molar-refractivity contribution is 9.10.